The molecule has 1 aromatic rings. The summed E-state index contributed by atoms with van der Waals surface area (Å²) in [4.78, 5) is 13.0. The molecule has 3 N–H and O–H groups in total. The van der Waals surface area contributed by atoms with Crippen LogP contribution in [0.25, 0.3) is 0 Å². The molecule has 0 saturated heterocycles. The second-order valence-electron chi connectivity index (χ2n) is 5.22. The van der Waals surface area contributed by atoms with Gasteiger partial charge < -0.3 is 16.0 Å². The fourth-order valence-electron chi connectivity index (χ4n) is 2.38. The first-order valence-corrected chi connectivity index (χ1v) is 7.51. The van der Waals surface area contributed by atoms with Crippen molar-refractivity contribution < 1.29 is 4.92 Å². The Bertz CT molecular complexity index is 461. The van der Waals surface area contributed by atoms with E-state index < -0.39 is 4.92 Å². The number of nitro benzene ring substituents is 1. The smallest absolute Gasteiger partial charge is 0.314 e. The van der Waals surface area contributed by atoms with Crippen LogP contribution in [0.2, 0.25) is 0 Å². The van der Waals surface area contributed by atoms with Gasteiger partial charge in [0.05, 0.1) is 4.92 Å². The van der Waals surface area contributed by atoms with Crippen molar-refractivity contribution in [1.29, 1.82) is 0 Å². The van der Waals surface area contributed by atoms with Crippen molar-refractivity contribution >= 4 is 17.1 Å². The van der Waals surface area contributed by atoms with Gasteiger partial charge in [-0.2, -0.15) is 0 Å². The second kappa shape index (κ2) is 8.46. The van der Waals surface area contributed by atoms with E-state index in [0.29, 0.717) is 5.69 Å². The summed E-state index contributed by atoms with van der Waals surface area (Å²) >= 11 is 0. The topological polar surface area (TPSA) is 84.4 Å². The Kier molecular flexibility index (Phi) is 6.94. The maximum Gasteiger partial charge on any atom is 0.314 e. The lowest BCUT2D eigenvalue weighted by atomic mass is 10.1. The van der Waals surface area contributed by atoms with Crippen molar-refractivity contribution in [3.8, 4) is 0 Å². The van der Waals surface area contributed by atoms with Crippen molar-refractivity contribution in [3.63, 3.8) is 0 Å². The third kappa shape index (κ3) is 5.23. The summed E-state index contributed by atoms with van der Waals surface area (Å²) in [6.07, 6.45) is 2.02. The van der Waals surface area contributed by atoms with Crippen LogP contribution >= 0.6 is 0 Å². The van der Waals surface area contributed by atoms with E-state index in [2.05, 4.69) is 24.1 Å². The van der Waals surface area contributed by atoms with Gasteiger partial charge in [-0.25, -0.2) is 0 Å². The molecular formula is C15H26N4O2. The minimum absolute atomic E-state index is 0.0342. The van der Waals surface area contributed by atoms with Crippen molar-refractivity contribution in [1.82, 2.24) is 4.90 Å². The van der Waals surface area contributed by atoms with Gasteiger partial charge >= 0.3 is 5.69 Å². The Balaban J connectivity index is 2.57. The molecule has 1 atom stereocenters. The van der Waals surface area contributed by atoms with Crippen LogP contribution < -0.4 is 11.1 Å². The van der Waals surface area contributed by atoms with E-state index in [-0.39, 0.29) is 17.4 Å². The highest BCUT2D eigenvalue weighted by Crippen LogP contribution is 2.31. The number of nitro groups is 1. The Morgan fingerprint density at radius 2 is 2.05 bits per heavy atom. The molecule has 0 heterocycles. The number of hydrogen-bond acceptors (Lipinski definition) is 5. The summed E-state index contributed by atoms with van der Waals surface area (Å²) in [5.41, 5.74) is 6.34. The van der Waals surface area contributed by atoms with Crippen molar-refractivity contribution in [3.05, 3.63) is 28.3 Å². The van der Waals surface area contributed by atoms with Gasteiger partial charge in [-0.1, -0.05) is 19.9 Å². The largest absolute Gasteiger partial charge is 0.393 e. The van der Waals surface area contributed by atoms with Crippen LogP contribution in [0.4, 0.5) is 17.1 Å². The number of nitrogens with one attached hydrogen (secondary N) is 1. The minimum Gasteiger partial charge on any atom is -0.393 e. The van der Waals surface area contributed by atoms with Crippen LogP contribution in [0, 0.1) is 10.1 Å². The average molecular weight is 294 g/mol. The van der Waals surface area contributed by atoms with Gasteiger partial charge in [0.2, 0.25) is 0 Å². The van der Waals surface area contributed by atoms with Crippen LogP contribution in [-0.4, -0.2) is 35.5 Å². The monoisotopic (exact) mass is 294 g/mol. The van der Waals surface area contributed by atoms with Gasteiger partial charge in [-0.15, -0.1) is 0 Å². The molecule has 6 nitrogen and oxygen atoms in total. The van der Waals surface area contributed by atoms with Crippen molar-refractivity contribution in [2.75, 3.05) is 30.7 Å². The van der Waals surface area contributed by atoms with Crippen molar-refractivity contribution in [2.24, 2.45) is 0 Å². The van der Waals surface area contributed by atoms with Crippen molar-refractivity contribution in [2.45, 2.75) is 39.7 Å². The predicted octanol–water partition coefficient (Wildman–Crippen LogP) is 3.10. The molecule has 0 fully saturated rings. The van der Waals surface area contributed by atoms with E-state index in [9.17, 15) is 10.1 Å². The standard InChI is InChI=1S/C15H26N4O2/c1-4-18(5-2)11-7-8-12(3)17-14-10-6-9-13(16)15(14)19(20)21/h6,9-10,12,17H,4-5,7-8,11,16H2,1-3H3. The summed E-state index contributed by atoms with van der Waals surface area (Å²) < 4.78 is 0. The zero-order valence-corrected chi connectivity index (χ0v) is 13.1. The average Bonchev–Trinajstić information content (AvgIpc) is 2.43. The molecule has 0 aromatic heterocycles. The molecule has 0 radical (unpaired) electrons. The highest BCUT2D eigenvalue weighted by molar-refractivity contribution is 5.74. The zero-order valence-electron chi connectivity index (χ0n) is 13.1. The molecule has 1 rings (SSSR count). The molecule has 118 valence electrons. The van der Waals surface area contributed by atoms with E-state index in [1.807, 2.05) is 6.92 Å². The highest BCUT2D eigenvalue weighted by atomic mass is 16.6. The molecule has 21 heavy (non-hydrogen) atoms. The SMILES string of the molecule is CCN(CC)CCCC(C)Nc1cccc(N)c1[N+](=O)[O-]. The normalized spacial score (nSPS) is 12.4. The molecule has 1 unspecified atom stereocenters. The molecule has 0 aliphatic rings. The summed E-state index contributed by atoms with van der Waals surface area (Å²) in [6.45, 7) is 9.51. The Morgan fingerprint density at radius 1 is 1.38 bits per heavy atom. The van der Waals surface area contributed by atoms with E-state index in [1.165, 1.54) is 0 Å². The molecule has 0 amide bonds. The zero-order chi connectivity index (χ0) is 15.8. The first kappa shape index (κ1) is 17.2. The maximum absolute atomic E-state index is 11.1. The fraction of sp³-hybridized carbons (Fsp3) is 0.600. The van der Waals surface area contributed by atoms with E-state index >= 15 is 0 Å². The molecule has 0 bridgehead atoms. The summed E-state index contributed by atoms with van der Waals surface area (Å²) in [7, 11) is 0. The number of benzene rings is 1. The number of nitrogens with two attached hydrogens (primary N) is 1. The molecule has 1 aromatic carbocycles. The van der Waals surface area contributed by atoms with Crippen LogP contribution in [0.3, 0.4) is 0 Å². The maximum atomic E-state index is 11.1. The Morgan fingerprint density at radius 3 is 2.62 bits per heavy atom. The van der Waals surface area contributed by atoms with E-state index in [0.717, 1.165) is 32.5 Å². The van der Waals surface area contributed by atoms with E-state index in [4.69, 9.17) is 5.73 Å². The molecule has 0 aliphatic carbocycles. The van der Waals surface area contributed by atoms with Crippen LogP contribution in [0.15, 0.2) is 18.2 Å². The number of para-hydroxylation sites is 1. The fourth-order valence-corrected chi connectivity index (χ4v) is 2.38. The molecule has 6 heteroatoms. The van der Waals surface area contributed by atoms with Gasteiger partial charge in [0, 0.05) is 6.04 Å². The third-order valence-corrected chi connectivity index (χ3v) is 3.66. The number of anilines is 2. The number of nitrogens with zero attached hydrogens (tertiary/aromatic N) is 2. The Labute approximate surface area is 126 Å². The molecule has 0 spiro atoms. The molecule has 0 saturated carbocycles. The molecule has 0 aliphatic heterocycles. The second-order valence-corrected chi connectivity index (χ2v) is 5.22. The van der Waals surface area contributed by atoms with E-state index in [1.54, 1.807) is 18.2 Å². The summed E-state index contributed by atoms with van der Waals surface area (Å²) in [5.74, 6) is 0. The van der Waals surface area contributed by atoms with Gasteiger partial charge in [0.1, 0.15) is 11.4 Å². The Hall–Kier alpha value is -1.82. The third-order valence-electron chi connectivity index (χ3n) is 3.66. The summed E-state index contributed by atoms with van der Waals surface area (Å²) in [6, 6.07) is 5.15. The number of nitrogen functional groups attached to an aromatic ring is 1. The lowest BCUT2D eigenvalue weighted by molar-refractivity contribution is -0.383. The van der Waals surface area contributed by atoms with Crippen LogP contribution in [-0.2, 0) is 0 Å². The quantitative estimate of drug-likeness (QED) is 0.415. The number of rotatable bonds is 9. The minimum atomic E-state index is -0.430. The van der Waals surface area contributed by atoms with Gasteiger partial charge in [-0.05, 0) is 51.5 Å². The summed E-state index contributed by atoms with van der Waals surface area (Å²) in [5, 5.41) is 14.3. The van der Waals surface area contributed by atoms with Gasteiger partial charge in [0.15, 0.2) is 0 Å². The molecular weight excluding hydrogens is 268 g/mol. The van der Waals surface area contributed by atoms with Crippen LogP contribution in [0.5, 0.6) is 0 Å². The number of hydrogen-bond donors (Lipinski definition) is 2. The lowest BCUT2D eigenvalue weighted by Crippen LogP contribution is -2.25. The van der Waals surface area contributed by atoms with Crippen LogP contribution in [0.1, 0.15) is 33.6 Å². The van der Waals surface area contributed by atoms with Gasteiger partial charge in [-0.3, -0.25) is 10.1 Å². The first-order chi connectivity index (χ1) is 9.99. The predicted molar refractivity (Wildman–Crippen MR) is 87.6 cm³/mol. The van der Waals surface area contributed by atoms with Gasteiger partial charge in [0.25, 0.3) is 0 Å². The first-order valence-electron chi connectivity index (χ1n) is 7.51. The lowest BCUT2D eigenvalue weighted by Gasteiger charge is -2.20. The highest BCUT2D eigenvalue weighted by Gasteiger charge is 2.18.